The molecule has 4 rings (SSSR count). The SMILES string of the molecule is c1cnc(N2CCN(CCNc3nccc4ccccc34)CC2)nc1. The number of fused-ring (bicyclic) bond motifs is 1. The minimum atomic E-state index is 0.834. The summed E-state index contributed by atoms with van der Waals surface area (Å²) in [7, 11) is 0. The van der Waals surface area contributed by atoms with Gasteiger partial charge in [-0.05, 0) is 17.5 Å². The van der Waals surface area contributed by atoms with E-state index >= 15 is 0 Å². The quantitative estimate of drug-likeness (QED) is 0.772. The molecule has 0 atom stereocenters. The second-order valence-corrected chi connectivity index (χ2v) is 6.18. The van der Waals surface area contributed by atoms with Crippen LogP contribution in [0.4, 0.5) is 11.8 Å². The molecule has 128 valence electrons. The molecule has 0 radical (unpaired) electrons. The van der Waals surface area contributed by atoms with Crippen molar-refractivity contribution < 1.29 is 0 Å². The Kier molecular flexibility index (Phi) is 4.70. The molecule has 1 saturated heterocycles. The van der Waals surface area contributed by atoms with Crippen LogP contribution in [-0.2, 0) is 0 Å². The molecule has 0 bridgehead atoms. The van der Waals surface area contributed by atoms with Crippen LogP contribution in [0.3, 0.4) is 0 Å². The molecular weight excluding hydrogens is 312 g/mol. The summed E-state index contributed by atoms with van der Waals surface area (Å²) in [5.41, 5.74) is 0. The molecule has 1 aromatic carbocycles. The first kappa shape index (κ1) is 15.8. The van der Waals surface area contributed by atoms with Crippen LogP contribution in [0.2, 0.25) is 0 Å². The molecule has 0 aliphatic carbocycles. The van der Waals surface area contributed by atoms with Gasteiger partial charge in [0.05, 0.1) is 0 Å². The van der Waals surface area contributed by atoms with Gasteiger partial charge >= 0.3 is 0 Å². The lowest BCUT2D eigenvalue weighted by Crippen LogP contribution is -2.48. The van der Waals surface area contributed by atoms with Gasteiger partial charge in [-0.2, -0.15) is 0 Å². The Morgan fingerprint density at radius 3 is 2.48 bits per heavy atom. The Balaban J connectivity index is 1.28. The molecule has 3 aromatic rings. The van der Waals surface area contributed by atoms with Crippen LogP contribution in [0.15, 0.2) is 55.0 Å². The molecule has 2 aromatic heterocycles. The zero-order valence-corrected chi connectivity index (χ0v) is 14.2. The third kappa shape index (κ3) is 3.69. The molecule has 6 heteroatoms. The molecule has 1 aliphatic heterocycles. The monoisotopic (exact) mass is 334 g/mol. The number of anilines is 2. The van der Waals surface area contributed by atoms with Gasteiger partial charge in [0.15, 0.2) is 0 Å². The number of rotatable bonds is 5. The molecule has 1 N–H and O–H groups in total. The van der Waals surface area contributed by atoms with E-state index in [2.05, 4.69) is 54.3 Å². The molecule has 1 fully saturated rings. The zero-order valence-electron chi connectivity index (χ0n) is 14.2. The molecule has 6 nitrogen and oxygen atoms in total. The van der Waals surface area contributed by atoms with Gasteiger partial charge in [0, 0.05) is 63.2 Å². The summed E-state index contributed by atoms with van der Waals surface area (Å²) in [6.45, 7) is 5.90. The number of hydrogen-bond acceptors (Lipinski definition) is 6. The lowest BCUT2D eigenvalue weighted by atomic mass is 10.1. The fourth-order valence-corrected chi connectivity index (χ4v) is 3.22. The lowest BCUT2D eigenvalue weighted by molar-refractivity contribution is 0.266. The van der Waals surface area contributed by atoms with Crippen LogP contribution < -0.4 is 10.2 Å². The Morgan fingerprint density at radius 1 is 0.840 bits per heavy atom. The van der Waals surface area contributed by atoms with Crippen molar-refractivity contribution >= 4 is 22.5 Å². The van der Waals surface area contributed by atoms with Gasteiger partial charge < -0.3 is 10.2 Å². The van der Waals surface area contributed by atoms with Crippen molar-refractivity contribution in [3.05, 3.63) is 55.0 Å². The van der Waals surface area contributed by atoms with Crippen molar-refractivity contribution in [2.24, 2.45) is 0 Å². The van der Waals surface area contributed by atoms with Gasteiger partial charge in [-0.25, -0.2) is 15.0 Å². The van der Waals surface area contributed by atoms with E-state index < -0.39 is 0 Å². The predicted molar refractivity (Wildman–Crippen MR) is 101 cm³/mol. The van der Waals surface area contributed by atoms with Crippen LogP contribution in [0, 0.1) is 0 Å². The van der Waals surface area contributed by atoms with Gasteiger partial charge in [-0.3, -0.25) is 4.90 Å². The van der Waals surface area contributed by atoms with Gasteiger partial charge in [0.1, 0.15) is 5.82 Å². The lowest BCUT2D eigenvalue weighted by Gasteiger charge is -2.34. The highest BCUT2D eigenvalue weighted by Crippen LogP contribution is 2.20. The van der Waals surface area contributed by atoms with Crippen molar-refractivity contribution in [1.29, 1.82) is 0 Å². The maximum atomic E-state index is 4.49. The van der Waals surface area contributed by atoms with Crippen molar-refractivity contribution in [2.75, 3.05) is 49.5 Å². The predicted octanol–water partition coefficient (Wildman–Crippen LogP) is 2.26. The van der Waals surface area contributed by atoms with E-state index in [9.17, 15) is 0 Å². The summed E-state index contributed by atoms with van der Waals surface area (Å²) < 4.78 is 0. The Labute approximate surface area is 147 Å². The number of nitrogens with zero attached hydrogens (tertiary/aromatic N) is 5. The van der Waals surface area contributed by atoms with Crippen molar-refractivity contribution in [3.8, 4) is 0 Å². The van der Waals surface area contributed by atoms with E-state index in [1.54, 1.807) is 12.4 Å². The molecule has 0 unspecified atom stereocenters. The maximum absolute atomic E-state index is 4.49. The number of benzene rings is 1. The second kappa shape index (κ2) is 7.44. The molecule has 25 heavy (non-hydrogen) atoms. The van der Waals surface area contributed by atoms with E-state index in [0.717, 1.165) is 51.0 Å². The van der Waals surface area contributed by atoms with Crippen LogP contribution in [-0.4, -0.2) is 59.1 Å². The number of piperazine rings is 1. The minimum Gasteiger partial charge on any atom is -0.368 e. The van der Waals surface area contributed by atoms with E-state index in [1.807, 2.05) is 18.3 Å². The van der Waals surface area contributed by atoms with Crippen LogP contribution in [0.1, 0.15) is 0 Å². The Bertz CT molecular complexity index is 809. The van der Waals surface area contributed by atoms with Crippen molar-refractivity contribution in [3.63, 3.8) is 0 Å². The normalized spacial score (nSPS) is 15.4. The Morgan fingerprint density at radius 2 is 1.64 bits per heavy atom. The smallest absolute Gasteiger partial charge is 0.225 e. The number of pyridine rings is 1. The minimum absolute atomic E-state index is 0.834. The third-order valence-corrected chi connectivity index (χ3v) is 4.60. The second-order valence-electron chi connectivity index (χ2n) is 6.18. The average Bonchev–Trinajstić information content (AvgIpc) is 2.69. The van der Waals surface area contributed by atoms with Gasteiger partial charge in [-0.1, -0.05) is 24.3 Å². The van der Waals surface area contributed by atoms with Gasteiger partial charge in [0.2, 0.25) is 5.95 Å². The van der Waals surface area contributed by atoms with Crippen LogP contribution in [0.25, 0.3) is 10.8 Å². The molecule has 3 heterocycles. The van der Waals surface area contributed by atoms with Gasteiger partial charge in [0.25, 0.3) is 0 Å². The summed E-state index contributed by atoms with van der Waals surface area (Å²) in [6.07, 6.45) is 5.47. The van der Waals surface area contributed by atoms with E-state index in [4.69, 9.17) is 0 Å². The Hall–Kier alpha value is -2.73. The molecule has 0 amide bonds. The molecule has 0 saturated carbocycles. The first-order chi connectivity index (χ1) is 12.4. The summed E-state index contributed by atoms with van der Waals surface area (Å²) >= 11 is 0. The van der Waals surface area contributed by atoms with E-state index in [1.165, 1.54) is 10.8 Å². The first-order valence-corrected chi connectivity index (χ1v) is 8.72. The largest absolute Gasteiger partial charge is 0.368 e. The summed E-state index contributed by atoms with van der Waals surface area (Å²) in [6, 6.07) is 12.2. The fraction of sp³-hybridized carbons (Fsp3) is 0.316. The van der Waals surface area contributed by atoms with E-state index in [0.29, 0.717) is 0 Å². The topological polar surface area (TPSA) is 57.2 Å². The number of hydrogen-bond donors (Lipinski definition) is 1. The molecule has 0 spiro atoms. The highest BCUT2D eigenvalue weighted by atomic mass is 15.3. The summed E-state index contributed by atoms with van der Waals surface area (Å²) in [4.78, 5) is 17.9. The highest BCUT2D eigenvalue weighted by Gasteiger charge is 2.18. The van der Waals surface area contributed by atoms with Gasteiger partial charge in [-0.15, -0.1) is 0 Å². The van der Waals surface area contributed by atoms with Crippen LogP contribution in [0.5, 0.6) is 0 Å². The molecule has 1 aliphatic rings. The average molecular weight is 334 g/mol. The van der Waals surface area contributed by atoms with Crippen molar-refractivity contribution in [2.45, 2.75) is 0 Å². The summed E-state index contributed by atoms with van der Waals surface area (Å²) in [5, 5.41) is 5.88. The number of aromatic nitrogens is 3. The zero-order chi connectivity index (χ0) is 16.9. The van der Waals surface area contributed by atoms with E-state index in [-0.39, 0.29) is 0 Å². The summed E-state index contributed by atoms with van der Waals surface area (Å²) in [5.74, 6) is 1.80. The first-order valence-electron chi connectivity index (χ1n) is 8.72. The number of nitrogens with one attached hydrogen (secondary N) is 1. The maximum Gasteiger partial charge on any atom is 0.225 e. The fourth-order valence-electron chi connectivity index (χ4n) is 3.22. The highest BCUT2D eigenvalue weighted by molar-refractivity contribution is 5.91. The van der Waals surface area contributed by atoms with Crippen molar-refractivity contribution in [1.82, 2.24) is 19.9 Å². The van der Waals surface area contributed by atoms with Crippen LogP contribution >= 0.6 is 0 Å². The third-order valence-electron chi connectivity index (χ3n) is 4.60. The standard InChI is InChI=1S/C19H22N6/c1-2-5-17-16(4-1)6-9-20-18(17)21-10-11-24-12-14-25(15-13-24)19-22-7-3-8-23-19/h1-9H,10-15H2,(H,20,21). The molecular formula is C19H22N6.